The van der Waals surface area contributed by atoms with Crippen molar-refractivity contribution in [2.45, 2.75) is 10.8 Å². The van der Waals surface area contributed by atoms with E-state index in [-0.39, 0.29) is 10.6 Å². The molecule has 1 aromatic heterocycles. The van der Waals surface area contributed by atoms with Crippen LogP contribution in [0, 0.1) is 10.1 Å². The van der Waals surface area contributed by atoms with E-state index in [0.717, 1.165) is 5.56 Å². The first-order chi connectivity index (χ1) is 9.58. The minimum Gasteiger partial charge on any atom is -0.363 e. The molecule has 0 saturated heterocycles. The lowest BCUT2D eigenvalue weighted by Crippen LogP contribution is -2.11. The summed E-state index contributed by atoms with van der Waals surface area (Å²) in [4.78, 5) is 16.8. The number of anilines is 1. The summed E-state index contributed by atoms with van der Waals surface area (Å²) in [5, 5.41) is 11.5. The molecule has 0 fully saturated rings. The van der Waals surface area contributed by atoms with E-state index in [1.807, 2.05) is 49.3 Å². The highest BCUT2D eigenvalue weighted by atomic mass is 32.2. The zero-order valence-corrected chi connectivity index (χ0v) is 12.1. The van der Waals surface area contributed by atoms with Crippen LogP contribution in [0.25, 0.3) is 0 Å². The summed E-state index contributed by atoms with van der Waals surface area (Å²) < 4.78 is 0. The van der Waals surface area contributed by atoms with Crippen LogP contribution >= 0.6 is 11.8 Å². The molecular weight excluding hydrogens is 274 g/mol. The van der Waals surface area contributed by atoms with E-state index >= 15 is 0 Å². The van der Waals surface area contributed by atoms with E-state index in [0.29, 0.717) is 16.6 Å². The Hall–Kier alpha value is -2.08. The normalized spacial score (nSPS) is 10.3. The number of hydrogen-bond acceptors (Lipinski definition) is 5. The van der Waals surface area contributed by atoms with Crippen molar-refractivity contribution in [3.8, 4) is 0 Å². The van der Waals surface area contributed by atoms with Gasteiger partial charge in [0.1, 0.15) is 5.82 Å². The molecule has 1 heterocycles. The summed E-state index contributed by atoms with van der Waals surface area (Å²) in [6, 6.07) is 13.0. The number of rotatable bonds is 5. The second kappa shape index (κ2) is 6.38. The SMILES string of the molecule is CN(C)c1ccc([N+](=O)[O-])c(SCc2ccccc2)n1. The molecule has 0 N–H and O–H groups in total. The van der Waals surface area contributed by atoms with Crippen LogP contribution in [0.3, 0.4) is 0 Å². The molecule has 1 aromatic carbocycles. The van der Waals surface area contributed by atoms with Crippen molar-refractivity contribution in [2.24, 2.45) is 0 Å². The molecule has 0 atom stereocenters. The van der Waals surface area contributed by atoms with E-state index in [4.69, 9.17) is 0 Å². The maximum atomic E-state index is 11.1. The highest BCUT2D eigenvalue weighted by molar-refractivity contribution is 7.98. The third kappa shape index (κ3) is 3.48. The minimum absolute atomic E-state index is 0.0523. The van der Waals surface area contributed by atoms with Gasteiger partial charge in [-0.3, -0.25) is 10.1 Å². The van der Waals surface area contributed by atoms with Crippen molar-refractivity contribution >= 4 is 23.3 Å². The van der Waals surface area contributed by atoms with Gasteiger partial charge in [-0.15, -0.1) is 0 Å². The van der Waals surface area contributed by atoms with Gasteiger partial charge in [-0.25, -0.2) is 4.98 Å². The van der Waals surface area contributed by atoms with Crippen LogP contribution in [0.4, 0.5) is 11.5 Å². The Bertz CT molecular complexity index is 603. The highest BCUT2D eigenvalue weighted by Crippen LogP contribution is 2.31. The van der Waals surface area contributed by atoms with Gasteiger partial charge in [0.2, 0.25) is 0 Å². The van der Waals surface area contributed by atoms with Crippen LogP contribution in [-0.2, 0) is 5.75 Å². The molecule has 0 bridgehead atoms. The quantitative estimate of drug-likeness (QED) is 0.480. The van der Waals surface area contributed by atoms with E-state index in [2.05, 4.69) is 4.98 Å². The Kier molecular flexibility index (Phi) is 4.57. The van der Waals surface area contributed by atoms with Crippen molar-refractivity contribution in [2.75, 3.05) is 19.0 Å². The van der Waals surface area contributed by atoms with Gasteiger partial charge in [-0.1, -0.05) is 42.1 Å². The second-order valence-electron chi connectivity index (χ2n) is 4.42. The van der Waals surface area contributed by atoms with Crippen molar-refractivity contribution < 1.29 is 4.92 Å². The molecule has 2 rings (SSSR count). The first kappa shape index (κ1) is 14.3. The highest BCUT2D eigenvalue weighted by Gasteiger charge is 2.17. The topological polar surface area (TPSA) is 59.3 Å². The molecule has 0 aliphatic rings. The summed E-state index contributed by atoms with van der Waals surface area (Å²) in [7, 11) is 3.72. The molecule has 104 valence electrons. The summed E-state index contributed by atoms with van der Waals surface area (Å²) in [6.07, 6.45) is 0. The van der Waals surface area contributed by atoms with E-state index in [1.165, 1.54) is 17.8 Å². The lowest BCUT2D eigenvalue weighted by atomic mass is 10.2. The molecule has 0 amide bonds. The van der Waals surface area contributed by atoms with Gasteiger partial charge in [0.05, 0.1) is 4.92 Å². The largest absolute Gasteiger partial charge is 0.363 e. The van der Waals surface area contributed by atoms with Crippen molar-refractivity contribution in [3.63, 3.8) is 0 Å². The van der Waals surface area contributed by atoms with Crippen molar-refractivity contribution in [1.82, 2.24) is 4.98 Å². The molecule has 0 unspecified atom stereocenters. The lowest BCUT2D eigenvalue weighted by molar-refractivity contribution is -0.388. The predicted molar refractivity (Wildman–Crippen MR) is 81.2 cm³/mol. The van der Waals surface area contributed by atoms with Gasteiger partial charge in [-0.05, 0) is 11.6 Å². The van der Waals surface area contributed by atoms with Crippen molar-refractivity contribution in [3.05, 3.63) is 58.1 Å². The maximum absolute atomic E-state index is 11.1. The van der Waals surface area contributed by atoms with Gasteiger partial charge in [0, 0.05) is 25.9 Å². The maximum Gasteiger partial charge on any atom is 0.301 e. The standard InChI is InChI=1S/C14H15N3O2S/c1-16(2)13-9-8-12(17(18)19)14(15-13)20-10-11-6-4-3-5-7-11/h3-9H,10H2,1-2H3. The number of hydrogen-bond donors (Lipinski definition) is 0. The fraction of sp³-hybridized carbons (Fsp3) is 0.214. The van der Waals surface area contributed by atoms with Crippen molar-refractivity contribution in [1.29, 1.82) is 0 Å². The van der Waals surface area contributed by atoms with Gasteiger partial charge in [-0.2, -0.15) is 0 Å². The Balaban J connectivity index is 2.24. The average molecular weight is 289 g/mol. The fourth-order valence-electron chi connectivity index (χ4n) is 1.64. The summed E-state index contributed by atoms with van der Waals surface area (Å²) in [5.74, 6) is 1.37. The van der Waals surface area contributed by atoms with Crippen LogP contribution in [0.5, 0.6) is 0 Å². The van der Waals surface area contributed by atoms with Gasteiger partial charge in [0.15, 0.2) is 5.03 Å². The van der Waals surface area contributed by atoms with Gasteiger partial charge >= 0.3 is 5.69 Å². The number of pyridine rings is 1. The summed E-state index contributed by atoms with van der Waals surface area (Å²) in [5.41, 5.74) is 1.17. The number of thioether (sulfide) groups is 1. The second-order valence-corrected chi connectivity index (χ2v) is 5.38. The van der Waals surface area contributed by atoms with Gasteiger partial charge in [0.25, 0.3) is 0 Å². The van der Waals surface area contributed by atoms with Crippen LogP contribution < -0.4 is 4.90 Å². The first-order valence-electron chi connectivity index (χ1n) is 6.07. The molecule has 20 heavy (non-hydrogen) atoms. The van der Waals surface area contributed by atoms with E-state index in [9.17, 15) is 10.1 Å². The van der Waals surface area contributed by atoms with Crippen LogP contribution in [0.2, 0.25) is 0 Å². The molecule has 6 heteroatoms. The van der Waals surface area contributed by atoms with Gasteiger partial charge < -0.3 is 4.90 Å². The molecule has 0 saturated carbocycles. The van der Waals surface area contributed by atoms with Crippen LogP contribution in [-0.4, -0.2) is 24.0 Å². The molecular formula is C14H15N3O2S. The fourth-order valence-corrected chi connectivity index (χ4v) is 2.59. The van der Waals surface area contributed by atoms with Crippen LogP contribution in [0.15, 0.2) is 47.5 Å². The zero-order valence-electron chi connectivity index (χ0n) is 11.3. The Morgan fingerprint density at radius 2 is 1.90 bits per heavy atom. The van der Waals surface area contributed by atoms with E-state index < -0.39 is 0 Å². The smallest absolute Gasteiger partial charge is 0.301 e. The Morgan fingerprint density at radius 1 is 1.20 bits per heavy atom. The monoisotopic (exact) mass is 289 g/mol. The minimum atomic E-state index is -0.389. The first-order valence-corrected chi connectivity index (χ1v) is 7.06. The summed E-state index contributed by atoms with van der Waals surface area (Å²) in [6.45, 7) is 0. The lowest BCUT2D eigenvalue weighted by Gasteiger charge is -2.12. The molecule has 0 aliphatic carbocycles. The zero-order chi connectivity index (χ0) is 14.5. The number of benzene rings is 1. The third-order valence-corrected chi connectivity index (χ3v) is 3.75. The number of nitrogens with zero attached hydrogens (tertiary/aromatic N) is 3. The number of aromatic nitrogens is 1. The molecule has 0 radical (unpaired) electrons. The van der Waals surface area contributed by atoms with Crippen LogP contribution in [0.1, 0.15) is 5.56 Å². The molecule has 0 aliphatic heterocycles. The Morgan fingerprint density at radius 3 is 2.50 bits per heavy atom. The molecule has 5 nitrogen and oxygen atoms in total. The Labute approximate surface area is 121 Å². The van der Waals surface area contributed by atoms with E-state index in [1.54, 1.807) is 6.07 Å². The predicted octanol–water partition coefficient (Wildman–Crippen LogP) is 3.35. The third-order valence-electron chi connectivity index (χ3n) is 2.70. The summed E-state index contributed by atoms with van der Waals surface area (Å²) >= 11 is 1.38. The average Bonchev–Trinajstić information content (AvgIpc) is 2.45. The molecule has 0 spiro atoms. The number of nitro groups is 1. The molecule has 2 aromatic rings.